The van der Waals surface area contributed by atoms with Gasteiger partial charge in [0.1, 0.15) is 0 Å². The first-order valence-corrected chi connectivity index (χ1v) is 6.98. The second-order valence-corrected chi connectivity index (χ2v) is 5.86. The Morgan fingerprint density at radius 1 is 1.17 bits per heavy atom. The zero-order valence-electron chi connectivity index (χ0n) is 11.5. The molecule has 0 aromatic carbocycles. The molecule has 1 saturated heterocycles. The summed E-state index contributed by atoms with van der Waals surface area (Å²) in [5, 5.41) is 0. The summed E-state index contributed by atoms with van der Waals surface area (Å²) < 4.78 is 5.12. The second-order valence-electron chi connectivity index (χ2n) is 5.86. The predicted octanol–water partition coefficient (Wildman–Crippen LogP) is 1.98. The smallest absolute Gasteiger partial charge is 0.309 e. The van der Waals surface area contributed by atoms with Gasteiger partial charge in [-0.1, -0.05) is 6.92 Å². The lowest BCUT2D eigenvalue weighted by molar-refractivity contribution is -0.156. The molecule has 1 saturated carbocycles. The third-order valence-electron chi connectivity index (χ3n) is 4.23. The van der Waals surface area contributed by atoms with Crippen LogP contribution in [0.25, 0.3) is 0 Å². The Morgan fingerprint density at radius 3 is 2.22 bits per heavy atom. The summed E-state index contributed by atoms with van der Waals surface area (Å²) >= 11 is 0. The molecule has 18 heavy (non-hydrogen) atoms. The van der Waals surface area contributed by atoms with Crippen LogP contribution in [0.2, 0.25) is 0 Å². The number of hydrogen-bond donors (Lipinski definition) is 0. The fourth-order valence-electron chi connectivity index (χ4n) is 2.88. The molecule has 1 aliphatic heterocycles. The summed E-state index contributed by atoms with van der Waals surface area (Å²) in [4.78, 5) is 25.6. The van der Waals surface area contributed by atoms with E-state index in [-0.39, 0.29) is 36.5 Å². The highest BCUT2D eigenvalue weighted by Gasteiger charge is 2.41. The molecule has 4 nitrogen and oxygen atoms in total. The Morgan fingerprint density at radius 2 is 1.72 bits per heavy atom. The van der Waals surface area contributed by atoms with E-state index in [1.54, 1.807) is 0 Å². The van der Waals surface area contributed by atoms with Gasteiger partial charge in [-0.05, 0) is 45.4 Å². The van der Waals surface area contributed by atoms with Gasteiger partial charge in [0.05, 0.1) is 5.92 Å². The van der Waals surface area contributed by atoms with E-state index < -0.39 is 0 Å². The molecule has 2 rings (SSSR count). The van der Waals surface area contributed by atoms with Crippen LogP contribution in [0.1, 0.15) is 46.5 Å². The fraction of sp³-hybridized carbons (Fsp3) is 0.857. The quantitative estimate of drug-likeness (QED) is 0.722. The maximum absolute atomic E-state index is 12.1. The summed E-state index contributed by atoms with van der Waals surface area (Å²) in [5.41, 5.74) is 0. The van der Waals surface area contributed by atoms with Gasteiger partial charge in [-0.15, -0.1) is 0 Å². The van der Waals surface area contributed by atoms with Crippen molar-refractivity contribution in [3.05, 3.63) is 0 Å². The number of ether oxygens (including phenoxy) is 1. The third kappa shape index (κ3) is 2.85. The molecule has 102 valence electrons. The molecule has 2 fully saturated rings. The maximum Gasteiger partial charge on any atom is 0.309 e. The average Bonchev–Trinajstić information content (AvgIpc) is 3.03. The monoisotopic (exact) mass is 253 g/mol. The van der Waals surface area contributed by atoms with E-state index in [1.165, 1.54) is 6.42 Å². The first-order valence-electron chi connectivity index (χ1n) is 6.98. The number of nitrogens with zero attached hydrogens (tertiary/aromatic N) is 1. The number of esters is 1. The molecular weight excluding hydrogens is 230 g/mol. The number of carbonyl (C=O) groups excluding carboxylic acids is 2. The lowest BCUT2D eigenvalue weighted by atomic mass is 9.97. The number of rotatable bonds is 3. The number of carbonyl (C=O) groups is 2. The molecule has 2 aliphatic rings. The van der Waals surface area contributed by atoms with Crippen molar-refractivity contribution in [3.8, 4) is 0 Å². The van der Waals surface area contributed by atoms with Crippen molar-refractivity contribution in [1.29, 1.82) is 0 Å². The fourth-order valence-corrected chi connectivity index (χ4v) is 2.88. The highest BCUT2D eigenvalue weighted by Crippen LogP contribution is 2.38. The Hall–Kier alpha value is -1.06. The molecule has 4 atom stereocenters. The summed E-state index contributed by atoms with van der Waals surface area (Å²) in [6.07, 6.45) is 4.17. The molecular formula is C14H23NO3. The van der Waals surface area contributed by atoms with Crippen LogP contribution < -0.4 is 0 Å². The molecule has 0 aromatic rings. The SMILES string of the molecule is C[C@@H]1C[C@@H]1C(=O)OCC(=O)N1[C@@H](C)CCC[C@@H]1C. The molecule has 0 radical (unpaired) electrons. The van der Waals surface area contributed by atoms with E-state index in [0.29, 0.717) is 5.92 Å². The van der Waals surface area contributed by atoms with Crippen molar-refractivity contribution in [2.75, 3.05) is 6.61 Å². The van der Waals surface area contributed by atoms with Gasteiger partial charge in [0, 0.05) is 12.1 Å². The van der Waals surface area contributed by atoms with Crippen molar-refractivity contribution in [1.82, 2.24) is 4.90 Å². The van der Waals surface area contributed by atoms with Gasteiger partial charge >= 0.3 is 5.97 Å². The Balaban J connectivity index is 1.81. The number of likely N-dealkylation sites (tertiary alicyclic amines) is 1. The van der Waals surface area contributed by atoms with E-state index in [9.17, 15) is 9.59 Å². The zero-order chi connectivity index (χ0) is 13.3. The molecule has 0 bridgehead atoms. The van der Waals surface area contributed by atoms with Crippen LogP contribution >= 0.6 is 0 Å². The van der Waals surface area contributed by atoms with Crippen molar-refractivity contribution >= 4 is 11.9 Å². The summed E-state index contributed by atoms with van der Waals surface area (Å²) in [7, 11) is 0. The minimum Gasteiger partial charge on any atom is -0.455 e. The summed E-state index contributed by atoms with van der Waals surface area (Å²) in [6, 6.07) is 0.527. The van der Waals surface area contributed by atoms with Crippen LogP contribution in [-0.2, 0) is 14.3 Å². The van der Waals surface area contributed by atoms with Crippen LogP contribution in [0.5, 0.6) is 0 Å². The van der Waals surface area contributed by atoms with Crippen LogP contribution in [0, 0.1) is 11.8 Å². The van der Waals surface area contributed by atoms with Gasteiger partial charge in [-0.2, -0.15) is 0 Å². The lowest BCUT2D eigenvalue weighted by Gasteiger charge is -2.38. The number of amides is 1. The Labute approximate surface area is 109 Å². The van der Waals surface area contributed by atoms with E-state index in [2.05, 4.69) is 13.8 Å². The van der Waals surface area contributed by atoms with E-state index in [0.717, 1.165) is 19.3 Å². The van der Waals surface area contributed by atoms with Gasteiger partial charge in [0.25, 0.3) is 5.91 Å². The molecule has 1 amide bonds. The second kappa shape index (κ2) is 5.29. The number of piperidine rings is 1. The summed E-state index contributed by atoms with van der Waals surface area (Å²) in [6.45, 7) is 6.08. The molecule has 0 N–H and O–H groups in total. The Bertz CT molecular complexity index is 332. The van der Waals surface area contributed by atoms with E-state index in [1.807, 2.05) is 11.8 Å². The highest BCUT2D eigenvalue weighted by atomic mass is 16.5. The van der Waals surface area contributed by atoms with Gasteiger partial charge in [0.2, 0.25) is 0 Å². The van der Waals surface area contributed by atoms with E-state index >= 15 is 0 Å². The zero-order valence-corrected chi connectivity index (χ0v) is 11.5. The minimum absolute atomic E-state index is 0.0361. The third-order valence-corrected chi connectivity index (χ3v) is 4.23. The lowest BCUT2D eigenvalue weighted by Crippen LogP contribution is -2.49. The highest BCUT2D eigenvalue weighted by molar-refractivity contribution is 5.82. The predicted molar refractivity (Wildman–Crippen MR) is 67.9 cm³/mol. The molecule has 0 aromatic heterocycles. The Kier molecular flexibility index (Phi) is 3.93. The molecule has 4 heteroatoms. The van der Waals surface area contributed by atoms with Crippen LogP contribution in [0.15, 0.2) is 0 Å². The largest absolute Gasteiger partial charge is 0.455 e. The molecule has 0 spiro atoms. The van der Waals surface area contributed by atoms with Crippen molar-refractivity contribution in [2.45, 2.75) is 58.5 Å². The topological polar surface area (TPSA) is 46.6 Å². The first kappa shape index (κ1) is 13.4. The normalized spacial score (nSPS) is 35.2. The first-order chi connectivity index (χ1) is 8.50. The average molecular weight is 253 g/mol. The molecule has 0 unspecified atom stereocenters. The van der Waals surface area contributed by atoms with Gasteiger partial charge < -0.3 is 9.64 Å². The van der Waals surface area contributed by atoms with Crippen LogP contribution in [0.4, 0.5) is 0 Å². The van der Waals surface area contributed by atoms with Crippen molar-refractivity contribution < 1.29 is 14.3 Å². The minimum atomic E-state index is -0.201. The van der Waals surface area contributed by atoms with Crippen LogP contribution in [-0.4, -0.2) is 35.5 Å². The molecule has 1 aliphatic carbocycles. The van der Waals surface area contributed by atoms with Crippen molar-refractivity contribution in [2.24, 2.45) is 11.8 Å². The van der Waals surface area contributed by atoms with Gasteiger partial charge in [-0.3, -0.25) is 9.59 Å². The van der Waals surface area contributed by atoms with E-state index in [4.69, 9.17) is 4.74 Å². The van der Waals surface area contributed by atoms with Gasteiger partial charge in [0.15, 0.2) is 6.61 Å². The van der Waals surface area contributed by atoms with Crippen molar-refractivity contribution in [3.63, 3.8) is 0 Å². The number of hydrogen-bond acceptors (Lipinski definition) is 3. The van der Waals surface area contributed by atoms with Crippen LogP contribution in [0.3, 0.4) is 0 Å². The van der Waals surface area contributed by atoms with Gasteiger partial charge in [-0.25, -0.2) is 0 Å². The molecule has 1 heterocycles. The summed E-state index contributed by atoms with van der Waals surface area (Å²) in [5.74, 6) is 0.221. The standard InChI is InChI=1S/C14H23NO3/c1-9-7-12(9)14(17)18-8-13(16)15-10(2)5-4-6-11(15)3/h9-12H,4-8H2,1-3H3/t9-,10+,11+,12+/m1/s1. The maximum atomic E-state index is 12.1.